The summed E-state index contributed by atoms with van der Waals surface area (Å²) in [5.41, 5.74) is 2.68. The third-order valence-electron chi connectivity index (χ3n) is 6.30. The molecule has 0 aliphatic carbocycles. The van der Waals surface area contributed by atoms with Crippen molar-refractivity contribution in [3.8, 4) is 11.5 Å². The second kappa shape index (κ2) is 11.9. The molecule has 0 heterocycles. The lowest BCUT2D eigenvalue weighted by Crippen LogP contribution is -2.32. The van der Waals surface area contributed by atoms with Crippen molar-refractivity contribution in [3.63, 3.8) is 0 Å². The summed E-state index contributed by atoms with van der Waals surface area (Å²) in [4.78, 5) is 13.9. The average molecular weight is 549 g/mol. The van der Waals surface area contributed by atoms with E-state index in [9.17, 15) is 13.2 Å². The number of aryl methyl sites for hydroxylation is 1. The van der Waals surface area contributed by atoms with Gasteiger partial charge in [0, 0.05) is 0 Å². The molecule has 1 amide bonds. The van der Waals surface area contributed by atoms with E-state index >= 15 is 0 Å². The molecule has 5 rings (SSSR count). The Bertz CT molecular complexity index is 1710. The van der Waals surface area contributed by atoms with E-state index in [0.29, 0.717) is 17.2 Å². The highest BCUT2D eigenvalue weighted by atomic mass is 32.2. The highest BCUT2D eigenvalue weighted by molar-refractivity contribution is 7.92. The number of sulfonamides is 1. The molecule has 5 aromatic rings. The number of ether oxygens (including phenoxy) is 1. The predicted molar refractivity (Wildman–Crippen MR) is 158 cm³/mol. The molecule has 0 aliphatic rings. The van der Waals surface area contributed by atoms with E-state index in [-0.39, 0.29) is 22.7 Å². The second-order valence-corrected chi connectivity index (χ2v) is 11.1. The van der Waals surface area contributed by atoms with Gasteiger partial charge in [-0.15, -0.1) is 0 Å². The van der Waals surface area contributed by atoms with Gasteiger partial charge in [0.05, 0.1) is 28.4 Å². The first-order chi connectivity index (χ1) is 19.4. The molecule has 0 unspecified atom stereocenters. The smallest absolute Gasteiger partial charge is 0.264 e. The molecule has 0 bridgehead atoms. The summed E-state index contributed by atoms with van der Waals surface area (Å²) in [5.74, 6) is 0.632. The minimum Gasteiger partial charge on any atom is -0.455 e. The van der Waals surface area contributed by atoms with Crippen molar-refractivity contribution in [1.82, 2.24) is 0 Å². The molecular weight excluding hydrogens is 520 g/mol. The summed E-state index contributed by atoms with van der Waals surface area (Å²) >= 11 is 0. The van der Waals surface area contributed by atoms with E-state index in [1.165, 1.54) is 4.31 Å². The normalized spacial score (nSPS) is 11.0. The van der Waals surface area contributed by atoms with Gasteiger partial charge in [-0.25, -0.2) is 8.42 Å². The van der Waals surface area contributed by atoms with Crippen molar-refractivity contribution < 1.29 is 17.9 Å². The van der Waals surface area contributed by atoms with Crippen LogP contribution < -0.4 is 14.4 Å². The minimum absolute atomic E-state index is 0.0506. The first-order valence-electron chi connectivity index (χ1n) is 12.8. The maximum Gasteiger partial charge on any atom is 0.264 e. The fourth-order valence-corrected chi connectivity index (χ4v) is 5.71. The molecule has 0 atom stereocenters. The van der Waals surface area contributed by atoms with E-state index in [1.54, 1.807) is 66.7 Å². The number of hydrogen-bond acceptors (Lipinski definition) is 4. The number of hydrogen-bond donors (Lipinski definition) is 1. The molecule has 40 heavy (non-hydrogen) atoms. The number of benzene rings is 5. The van der Waals surface area contributed by atoms with Crippen LogP contribution in [-0.4, -0.2) is 14.3 Å². The lowest BCUT2D eigenvalue weighted by Gasteiger charge is -2.27. The van der Waals surface area contributed by atoms with Gasteiger partial charge in [-0.1, -0.05) is 90.5 Å². The van der Waals surface area contributed by atoms with Gasteiger partial charge in [-0.3, -0.25) is 9.10 Å². The molecule has 5 aromatic carbocycles. The Hall–Kier alpha value is -4.88. The Morgan fingerprint density at radius 3 is 2.05 bits per heavy atom. The fourth-order valence-electron chi connectivity index (χ4n) is 4.23. The van der Waals surface area contributed by atoms with Crippen molar-refractivity contribution in [2.24, 2.45) is 0 Å². The molecule has 0 saturated carbocycles. The summed E-state index contributed by atoms with van der Waals surface area (Å²) < 4.78 is 35.3. The standard InChI is InChI=1S/C33H28N2O4S/c1-25-20-22-28(23-21-25)40(37,38)35(24-26-12-4-2-5-13-26)31-18-10-8-16-29(31)33(36)34-30-17-9-11-19-32(30)39-27-14-6-3-7-15-27/h2-23H,24H2,1H3,(H,34,36). The molecule has 7 heteroatoms. The SMILES string of the molecule is Cc1ccc(S(=O)(=O)N(Cc2ccccc2)c2ccccc2C(=O)Nc2ccccc2Oc2ccccc2)cc1. The number of nitrogens with zero attached hydrogens (tertiary/aromatic N) is 1. The highest BCUT2D eigenvalue weighted by Gasteiger charge is 2.29. The Morgan fingerprint density at radius 2 is 1.32 bits per heavy atom. The Morgan fingerprint density at radius 1 is 0.725 bits per heavy atom. The molecule has 0 aliphatic heterocycles. The summed E-state index contributed by atoms with van der Waals surface area (Å²) in [7, 11) is -4.02. The van der Waals surface area contributed by atoms with Gasteiger partial charge in [0.2, 0.25) is 0 Å². The maximum atomic E-state index is 14.0. The molecule has 1 N–H and O–H groups in total. The van der Waals surface area contributed by atoms with Gasteiger partial charge < -0.3 is 10.1 Å². The summed E-state index contributed by atoms with van der Waals surface area (Å²) in [6.45, 7) is 1.95. The number of carbonyl (C=O) groups excluding carboxylic acids is 1. The Labute approximate surface area is 234 Å². The summed E-state index contributed by atoms with van der Waals surface area (Å²) in [5, 5.41) is 2.92. The van der Waals surface area contributed by atoms with Crippen molar-refractivity contribution >= 4 is 27.3 Å². The van der Waals surface area contributed by atoms with Crippen LogP contribution >= 0.6 is 0 Å². The van der Waals surface area contributed by atoms with Crippen LogP contribution in [0.4, 0.5) is 11.4 Å². The molecule has 6 nitrogen and oxygen atoms in total. The van der Waals surface area contributed by atoms with Crippen molar-refractivity contribution in [1.29, 1.82) is 0 Å². The quantitative estimate of drug-likeness (QED) is 0.208. The molecular formula is C33H28N2O4S. The van der Waals surface area contributed by atoms with Crippen LogP contribution in [-0.2, 0) is 16.6 Å². The Kier molecular flexibility index (Phi) is 7.94. The van der Waals surface area contributed by atoms with Gasteiger partial charge in [0.15, 0.2) is 5.75 Å². The molecule has 0 saturated heterocycles. The third-order valence-corrected chi connectivity index (χ3v) is 8.08. The zero-order chi connectivity index (χ0) is 28.0. The van der Waals surface area contributed by atoms with Crippen LogP contribution in [0.2, 0.25) is 0 Å². The fraction of sp³-hybridized carbons (Fsp3) is 0.0606. The zero-order valence-corrected chi connectivity index (χ0v) is 22.7. The van der Waals surface area contributed by atoms with Crippen LogP contribution in [0.15, 0.2) is 138 Å². The number of nitrogens with one attached hydrogen (secondary N) is 1. The minimum atomic E-state index is -4.02. The predicted octanol–water partition coefficient (Wildman–Crippen LogP) is 7.44. The van der Waals surface area contributed by atoms with Gasteiger partial charge in [-0.05, 0) is 61.0 Å². The number of anilines is 2. The molecule has 0 fully saturated rings. The zero-order valence-electron chi connectivity index (χ0n) is 21.9. The third kappa shape index (κ3) is 6.06. The highest BCUT2D eigenvalue weighted by Crippen LogP contribution is 2.33. The number of carbonyl (C=O) groups is 1. The van der Waals surface area contributed by atoms with E-state index in [2.05, 4.69) is 5.32 Å². The average Bonchev–Trinajstić information content (AvgIpc) is 2.98. The van der Waals surface area contributed by atoms with Crippen LogP contribution in [0, 0.1) is 6.92 Å². The second-order valence-electron chi connectivity index (χ2n) is 9.19. The van der Waals surface area contributed by atoms with Crippen molar-refractivity contribution in [2.75, 3.05) is 9.62 Å². The number of rotatable bonds is 9. The number of para-hydroxylation sites is 4. The van der Waals surface area contributed by atoms with E-state index in [0.717, 1.165) is 11.1 Å². The van der Waals surface area contributed by atoms with Crippen LogP contribution in [0.5, 0.6) is 11.5 Å². The maximum absolute atomic E-state index is 14.0. The van der Waals surface area contributed by atoms with E-state index in [1.807, 2.05) is 73.7 Å². The van der Waals surface area contributed by atoms with Crippen LogP contribution in [0.25, 0.3) is 0 Å². The molecule has 0 spiro atoms. The monoisotopic (exact) mass is 548 g/mol. The summed E-state index contributed by atoms with van der Waals surface area (Å²) in [6, 6.07) is 39.1. The van der Waals surface area contributed by atoms with Crippen LogP contribution in [0.3, 0.4) is 0 Å². The Balaban J connectivity index is 1.52. The van der Waals surface area contributed by atoms with Crippen LogP contribution in [0.1, 0.15) is 21.5 Å². The molecule has 0 radical (unpaired) electrons. The first-order valence-corrected chi connectivity index (χ1v) is 14.2. The van der Waals surface area contributed by atoms with Crippen molar-refractivity contribution in [3.05, 3.63) is 150 Å². The lowest BCUT2D eigenvalue weighted by molar-refractivity contribution is 0.102. The van der Waals surface area contributed by atoms with Gasteiger partial charge >= 0.3 is 0 Å². The molecule has 200 valence electrons. The van der Waals surface area contributed by atoms with Crippen molar-refractivity contribution in [2.45, 2.75) is 18.4 Å². The largest absolute Gasteiger partial charge is 0.455 e. The van der Waals surface area contributed by atoms with Gasteiger partial charge in [-0.2, -0.15) is 0 Å². The topological polar surface area (TPSA) is 75.7 Å². The van der Waals surface area contributed by atoms with E-state index in [4.69, 9.17) is 4.74 Å². The first kappa shape index (κ1) is 26.7. The molecule has 0 aromatic heterocycles. The number of amides is 1. The van der Waals surface area contributed by atoms with Gasteiger partial charge in [0.25, 0.3) is 15.9 Å². The van der Waals surface area contributed by atoms with E-state index < -0.39 is 15.9 Å². The lowest BCUT2D eigenvalue weighted by atomic mass is 10.1. The summed E-state index contributed by atoms with van der Waals surface area (Å²) in [6.07, 6.45) is 0. The van der Waals surface area contributed by atoms with Gasteiger partial charge in [0.1, 0.15) is 5.75 Å².